The van der Waals surface area contributed by atoms with E-state index in [-0.39, 0.29) is 36.4 Å². The van der Waals surface area contributed by atoms with E-state index in [1.807, 2.05) is 10.3 Å². The van der Waals surface area contributed by atoms with Crippen molar-refractivity contribution in [2.75, 3.05) is 39.8 Å². The SMILES string of the molecule is COc1ccc(C(=O)CCC(=O)N2CCC(c3nc(C(=O)NCCCN4CCCCC4C)cs3)CC2)cc1. The summed E-state index contributed by atoms with van der Waals surface area (Å²) in [5, 5.41) is 5.84. The van der Waals surface area contributed by atoms with Gasteiger partial charge in [-0.2, -0.15) is 0 Å². The molecule has 1 atom stereocenters. The van der Waals surface area contributed by atoms with Crippen molar-refractivity contribution in [1.82, 2.24) is 20.1 Å². The third-order valence-corrected chi connectivity index (χ3v) is 8.78. The van der Waals surface area contributed by atoms with Crippen molar-refractivity contribution in [3.8, 4) is 5.75 Å². The number of carbonyl (C=O) groups is 3. The Morgan fingerprint density at radius 1 is 1.05 bits per heavy atom. The molecule has 1 aromatic carbocycles. The molecule has 206 valence electrons. The maximum Gasteiger partial charge on any atom is 0.270 e. The van der Waals surface area contributed by atoms with E-state index in [0.29, 0.717) is 42.7 Å². The summed E-state index contributed by atoms with van der Waals surface area (Å²) in [4.78, 5) is 46.7. The number of likely N-dealkylation sites (tertiary alicyclic amines) is 2. The van der Waals surface area contributed by atoms with E-state index in [9.17, 15) is 14.4 Å². The van der Waals surface area contributed by atoms with Crippen molar-refractivity contribution < 1.29 is 19.1 Å². The molecule has 2 amide bonds. The average Bonchev–Trinajstić information content (AvgIpc) is 3.45. The molecule has 4 rings (SSSR count). The first kappa shape index (κ1) is 28.2. The van der Waals surface area contributed by atoms with E-state index in [4.69, 9.17) is 4.74 Å². The number of methoxy groups -OCH3 is 1. The molecule has 0 radical (unpaired) electrons. The van der Waals surface area contributed by atoms with Crippen LogP contribution < -0.4 is 10.1 Å². The van der Waals surface area contributed by atoms with Crippen LogP contribution in [0.25, 0.3) is 0 Å². The zero-order valence-corrected chi connectivity index (χ0v) is 23.4. The minimum Gasteiger partial charge on any atom is -0.497 e. The van der Waals surface area contributed by atoms with Gasteiger partial charge in [0.2, 0.25) is 5.91 Å². The van der Waals surface area contributed by atoms with Gasteiger partial charge in [0, 0.05) is 61.9 Å². The fourth-order valence-corrected chi connectivity index (χ4v) is 6.29. The van der Waals surface area contributed by atoms with Crippen LogP contribution in [0.1, 0.15) is 90.1 Å². The van der Waals surface area contributed by atoms with Gasteiger partial charge in [-0.3, -0.25) is 14.4 Å². The van der Waals surface area contributed by atoms with E-state index in [1.54, 1.807) is 31.4 Å². The van der Waals surface area contributed by atoms with Gasteiger partial charge >= 0.3 is 0 Å². The number of aromatic nitrogens is 1. The summed E-state index contributed by atoms with van der Waals surface area (Å²) in [6.45, 7) is 6.44. The molecule has 3 heterocycles. The number of hydrogen-bond donors (Lipinski definition) is 1. The Kier molecular flexibility index (Phi) is 10.3. The number of nitrogens with zero attached hydrogens (tertiary/aromatic N) is 3. The van der Waals surface area contributed by atoms with Crippen LogP contribution in [0.2, 0.25) is 0 Å². The number of ether oxygens (including phenoxy) is 1. The van der Waals surface area contributed by atoms with Crippen molar-refractivity contribution in [3.63, 3.8) is 0 Å². The van der Waals surface area contributed by atoms with Crippen molar-refractivity contribution >= 4 is 28.9 Å². The highest BCUT2D eigenvalue weighted by atomic mass is 32.1. The van der Waals surface area contributed by atoms with Crippen LogP contribution in [-0.2, 0) is 4.79 Å². The Balaban J connectivity index is 1.15. The number of benzene rings is 1. The highest BCUT2D eigenvalue weighted by Crippen LogP contribution is 2.30. The molecule has 0 saturated carbocycles. The first-order valence-electron chi connectivity index (χ1n) is 13.9. The van der Waals surface area contributed by atoms with Gasteiger partial charge in [0.25, 0.3) is 5.91 Å². The van der Waals surface area contributed by atoms with Gasteiger partial charge in [0.15, 0.2) is 5.78 Å². The number of rotatable bonds is 11. The highest BCUT2D eigenvalue weighted by Gasteiger charge is 2.26. The van der Waals surface area contributed by atoms with Gasteiger partial charge in [0.05, 0.1) is 12.1 Å². The Morgan fingerprint density at radius 3 is 2.53 bits per heavy atom. The molecule has 2 aliphatic heterocycles. The number of thiazole rings is 1. The van der Waals surface area contributed by atoms with Crippen LogP contribution in [0.15, 0.2) is 29.6 Å². The zero-order chi connectivity index (χ0) is 26.9. The summed E-state index contributed by atoms with van der Waals surface area (Å²) in [5.74, 6) is 0.834. The Labute approximate surface area is 229 Å². The topological polar surface area (TPSA) is 91.8 Å². The predicted molar refractivity (Wildman–Crippen MR) is 149 cm³/mol. The number of Topliss-reactive ketones (excluding diaryl/α,β-unsaturated/α-hetero) is 1. The van der Waals surface area contributed by atoms with Gasteiger partial charge < -0.3 is 19.9 Å². The van der Waals surface area contributed by atoms with Gasteiger partial charge in [-0.25, -0.2) is 4.98 Å². The van der Waals surface area contributed by atoms with Gasteiger partial charge in [-0.05, 0) is 69.8 Å². The Bertz CT molecular complexity index is 1080. The summed E-state index contributed by atoms with van der Waals surface area (Å²) < 4.78 is 5.12. The van der Waals surface area contributed by atoms with Crippen LogP contribution in [0.4, 0.5) is 0 Å². The molecule has 1 unspecified atom stereocenters. The molecule has 8 nitrogen and oxygen atoms in total. The first-order valence-corrected chi connectivity index (χ1v) is 14.7. The van der Waals surface area contributed by atoms with Gasteiger partial charge in [0.1, 0.15) is 11.4 Å². The molecule has 2 saturated heterocycles. The van der Waals surface area contributed by atoms with Crippen molar-refractivity contribution in [2.24, 2.45) is 0 Å². The lowest BCUT2D eigenvalue weighted by molar-refractivity contribution is -0.132. The largest absolute Gasteiger partial charge is 0.497 e. The van der Waals surface area contributed by atoms with Crippen LogP contribution in [-0.4, -0.2) is 78.3 Å². The number of amides is 2. The fourth-order valence-electron chi connectivity index (χ4n) is 5.32. The summed E-state index contributed by atoms with van der Waals surface area (Å²) in [7, 11) is 1.59. The summed E-state index contributed by atoms with van der Waals surface area (Å²) in [6.07, 6.45) is 6.87. The number of piperidine rings is 2. The molecular formula is C29H40N4O4S. The third-order valence-electron chi connectivity index (χ3n) is 7.78. The second-order valence-corrected chi connectivity index (χ2v) is 11.3. The van der Waals surface area contributed by atoms with E-state index >= 15 is 0 Å². The molecule has 38 heavy (non-hydrogen) atoms. The van der Waals surface area contributed by atoms with Crippen LogP contribution >= 0.6 is 11.3 Å². The standard InChI is InChI=1S/C29H40N4O4S/c1-21-6-3-4-16-32(21)17-5-15-30-28(36)25-20-38-29(31-25)23-13-18-33(19-14-23)27(35)12-11-26(34)22-7-9-24(37-2)10-8-22/h7-10,20-21,23H,3-6,11-19H2,1-2H3,(H,30,36). The van der Waals surface area contributed by atoms with E-state index in [2.05, 4.69) is 22.1 Å². The maximum atomic E-state index is 12.7. The Morgan fingerprint density at radius 2 is 1.82 bits per heavy atom. The lowest BCUT2D eigenvalue weighted by atomic mass is 9.97. The molecule has 2 aliphatic rings. The molecule has 0 aliphatic carbocycles. The van der Waals surface area contributed by atoms with Gasteiger partial charge in [-0.1, -0.05) is 6.42 Å². The highest BCUT2D eigenvalue weighted by molar-refractivity contribution is 7.09. The normalized spacial score (nSPS) is 18.8. The molecule has 9 heteroatoms. The fraction of sp³-hybridized carbons (Fsp3) is 0.586. The second-order valence-electron chi connectivity index (χ2n) is 10.4. The zero-order valence-electron chi connectivity index (χ0n) is 22.6. The number of hydrogen-bond acceptors (Lipinski definition) is 7. The quantitative estimate of drug-likeness (QED) is 0.333. The summed E-state index contributed by atoms with van der Waals surface area (Å²) in [5.41, 5.74) is 1.09. The van der Waals surface area contributed by atoms with Crippen molar-refractivity contribution in [2.45, 2.75) is 70.3 Å². The molecule has 2 fully saturated rings. The van der Waals surface area contributed by atoms with E-state index in [1.165, 1.54) is 30.6 Å². The molecule has 1 aromatic heterocycles. The third kappa shape index (κ3) is 7.63. The molecule has 1 N–H and O–H groups in total. The van der Waals surface area contributed by atoms with E-state index < -0.39 is 0 Å². The number of carbonyl (C=O) groups excluding carboxylic acids is 3. The summed E-state index contributed by atoms with van der Waals surface area (Å²) in [6, 6.07) is 7.62. The van der Waals surface area contributed by atoms with Crippen LogP contribution in [0, 0.1) is 0 Å². The number of nitrogens with one attached hydrogen (secondary N) is 1. The van der Waals surface area contributed by atoms with Crippen LogP contribution in [0.3, 0.4) is 0 Å². The van der Waals surface area contributed by atoms with E-state index in [0.717, 1.165) is 37.4 Å². The lowest BCUT2D eigenvalue weighted by Crippen LogP contribution is -2.39. The average molecular weight is 541 g/mol. The number of ketones is 1. The minimum absolute atomic E-state index is 0.0171. The van der Waals surface area contributed by atoms with Crippen molar-refractivity contribution in [1.29, 1.82) is 0 Å². The van der Waals surface area contributed by atoms with Crippen LogP contribution in [0.5, 0.6) is 5.75 Å². The Hall–Kier alpha value is -2.78. The molecule has 0 bridgehead atoms. The first-order chi connectivity index (χ1) is 18.4. The minimum atomic E-state index is -0.103. The van der Waals surface area contributed by atoms with Gasteiger partial charge in [-0.15, -0.1) is 11.3 Å². The predicted octanol–water partition coefficient (Wildman–Crippen LogP) is 4.52. The molecule has 2 aromatic rings. The summed E-state index contributed by atoms with van der Waals surface area (Å²) >= 11 is 1.53. The lowest BCUT2D eigenvalue weighted by Gasteiger charge is -2.33. The second kappa shape index (κ2) is 13.8. The monoisotopic (exact) mass is 540 g/mol. The maximum absolute atomic E-state index is 12.7. The smallest absolute Gasteiger partial charge is 0.270 e. The molecular weight excluding hydrogens is 500 g/mol. The van der Waals surface area contributed by atoms with Crippen molar-refractivity contribution in [3.05, 3.63) is 45.9 Å². The molecule has 0 spiro atoms.